The van der Waals surface area contributed by atoms with Crippen LogP contribution >= 0.6 is 0 Å². The SMILES string of the molecule is CC(c1ccc(C(C)(C)C)cc1)C(C)(O)C(=O)O. The third-order valence-corrected chi connectivity index (χ3v) is 3.55. The Morgan fingerprint density at radius 3 is 1.89 bits per heavy atom. The molecule has 0 aromatic heterocycles. The van der Waals surface area contributed by atoms with Gasteiger partial charge in [0.05, 0.1) is 0 Å². The summed E-state index contributed by atoms with van der Waals surface area (Å²) < 4.78 is 0. The van der Waals surface area contributed by atoms with E-state index in [0.29, 0.717) is 0 Å². The first-order valence-corrected chi connectivity index (χ1v) is 6.13. The van der Waals surface area contributed by atoms with Crippen molar-refractivity contribution >= 4 is 5.97 Å². The van der Waals surface area contributed by atoms with Crippen molar-refractivity contribution in [3.05, 3.63) is 35.4 Å². The summed E-state index contributed by atoms with van der Waals surface area (Å²) in [7, 11) is 0. The molecule has 2 N–H and O–H groups in total. The molecule has 0 saturated heterocycles. The fraction of sp³-hybridized carbons (Fsp3) is 0.533. The summed E-state index contributed by atoms with van der Waals surface area (Å²) >= 11 is 0. The van der Waals surface area contributed by atoms with E-state index in [1.807, 2.05) is 24.3 Å². The minimum absolute atomic E-state index is 0.0666. The summed E-state index contributed by atoms with van der Waals surface area (Å²) in [4.78, 5) is 11.0. The zero-order chi connectivity index (χ0) is 14.1. The minimum Gasteiger partial charge on any atom is -0.479 e. The highest BCUT2D eigenvalue weighted by Gasteiger charge is 2.37. The van der Waals surface area contributed by atoms with Crippen LogP contribution in [-0.2, 0) is 10.2 Å². The molecule has 18 heavy (non-hydrogen) atoms. The first-order valence-electron chi connectivity index (χ1n) is 6.13. The number of carbonyl (C=O) groups is 1. The Hall–Kier alpha value is -1.35. The number of aliphatic hydroxyl groups is 1. The molecule has 0 heterocycles. The smallest absolute Gasteiger partial charge is 0.336 e. The Balaban J connectivity index is 3.03. The van der Waals surface area contributed by atoms with E-state index in [0.717, 1.165) is 5.56 Å². The lowest BCUT2D eigenvalue weighted by Gasteiger charge is -2.27. The molecule has 100 valence electrons. The van der Waals surface area contributed by atoms with Gasteiger partial charge in [-0.2, -0.15) is 0 Å². The van der Waals surface area contributed by atoms with E-state index < -0.39 is 17.5 Å². The van der Waals surface area contributed by atoms with E-state index in [-0.39, 0.29) is 5.41 Å². The van der Waals surface area contributed by atoms with Crippen molar-refractivity contribution in [3.8, 4) is 0 Å². The van der Waals surface area contributed by atoms with Crippen molar-refractivity contribution in [2.45, 2.75) is 51.6 Å². The highest BCUT2D eigenvalue weighted by molar-refractivity contribution is 5.78. The molecular formula is C15H22O3. The second-order valence-electron chi connectivity index (χ2n) is 6.05. The van der Waals surface area contributed by atoms with Crippen molar-refractivity contribution < 1.29 is 15.0 Å². The zero-order valence-electron chi connectivity index (χ0n) is 11.7. The van der Waals surface area contributed by atoms with Crippen molar-refractivity contribution in [1.29, 1.82) is 0 Å². The third-order valence-electron chi connectivity index (χ3n) is 3.55. The summed E-state index contributed by atoms with van der Waals surface area (Å²) in [6.07, 6.45) is 0. The van der Waals surface area contributed by atoms with Gasteiger partial charge in [-0.3, -0.25) is 0 Å². The van der Waals surface area contributed by atoms with Crippen molar-refractivity contribution in [2.24, 2.45) is 0 Å². The molecule has 0 fully saturated rings. The van der Waals surface area contributed by atoms with E-state index in [9.17, 15) is 9.90 Å². The third kappa shape index (κ3) is 2.91. The van der Waals surface area contributed by atoms with E-state index in [4.69, 9.17) is 5.11 Å². The molecule has 3 heteroatoms. The Morgan fingerprint density at radius 1 is 1.11 bits per heavy atom. The average Bonchev–Trinajstić information content (AvgIpc) is 2.26. The average molecular weight is 250 g/mol. The first-order chi connectivity index (χ1) is 8.06. The van der Waals surface area contributed by atoms with Crippen LogP contribution in [0.1, 0.15) is 51.7 Å². The van der Waals surface area contributed by atoms with Gasteiger partial charge in [-0.1, -0.05) is 52.0 Å². The van der Waals surface area contributed by atoms with Gasteiger partial charge in [0.25, 0.3) is 0 Å². The molecule has 2 unspecified atom stereocenters. The lowest BCUT2D eigenvalue weighted by atomic mass is 9.82. The van der Waals surface area contributed by atoms with Crippen LogP contribution in [0.2, 0.25) is 0 Å². The fourth-order valence-electron chi connectivity index (χ4n) is 1.78. The normalized spacial score (nSPS) is 17.0. The quantitative estimate of drug-likeness (QED) is 0.867. The van der Waals surface area contributed by atoms with E-state index in [1.165, 1.54) is 12.5 Å². The number of aliphatic carboxylic acids is 1. The fourth-order valence-corrected chi connectivity index (χ4v) is 1.78. The highest BCUT2D eigenvalue weighted by Crippen LogP contribution is 2.30. The van der Waals surface area contributed by atoms with E-state index in [1.54, 1.807) is 6.92 Å². The van der Waals surface area contributed by atoms with Gasteiger partial charge in [0.1, 0.15) is 0 Å². The Labute approximate surface area is 108 Å². The lowest BCUT2D eigenvalue weighted by Crippen LogP contribution is -2.40. The molecule has 1 rings (SSSR count). The number of rotatable bonds is 3. The van der Waals surface area contributed by atoms with Crippen LogP contribution < -0.4 is 0 Å². The Morgan fingerprint density at radius 2 is 1.56 bits per heavy atom. The molecule has 0 aliphatic rings. The predicted molar refractivity (Wildman–Crippen MR) is 71.8 cm³/mol. The Bertz CT molecular complexity index is 424. The van der Waals surface area contributed by atoms with Gasteiger partial charge in [0.15, 0.2) is 5.60 Å². The van der Waals surface area contributed by atoms with Crippen LogP contribution in [0, 0.1) is 0 Å². The highest BCUT2D eigenvalue weighted by atomic mass is 16.4. The predicted octanol–water partition coefficient (Wildman–Crippen LogP) is 2.92. The summed E-state index contributed by atoms with van der Waals surface area (Å²) in [5, 5.41) is 19.0. The molecule has 1 aromatic carbocycles. The molecule has 0 radical (unpaired) electrons. The summed E-state index contributed by atoms with van der Waals surface area (Å²) in [6.45, 7) is 9.43. The second-order valence-corrected chi connectivity index (χ2v) is 6.05. The van der Waals surface area contributed by atoms with Gasteiger partial charge < -0.3 is 10.2 Å². The van der Waals surface area contributed by atoms with Crippen molar-refractivity contribution in [2.75, 3.05) is 0 Å². The zero-order valence-corrected chi connectivity index (χ0v) is 11.7. The van der Waals surface area contributed by atoms with Crippen LogP contribution in [0.25, 0.3) is 0 Å². The minimum atomic E-state index is -1.75. The van der Waals surface area contributed by atoms with Gasteiger partial charge >= 0.3 is 5.97 Å². The lowest BCUT2D eigenvalue weighted by molar-refractivity contribution is -0.158. The van der Waals surface area contributed by atoms with E-state index in [2.05, 4.69) is 20.8 Å². The molecule has 2 atom stereocenters. The monoisotopic (exact) mass is 250 g/mol. The maximum atomic E-state index is 11.0. The molecule has 0 bridgehead atoms. The van der Waals surface area contributed by atoms with Gasteiger partial charge in [-0.15, -0.1) is 0 Å². The van der Waals surface area contributed by atoms with E-state index >= 15 is 0 Å². The van der Waals surface area contributed by atoms with Gasteiger partial charge in [-0.05, 0) is 23.5 Å². The summed E-state index contributed by atoms with van der Waals surface area (Å²) in [6, 6.07) is 7.76. The van der Waals surface area contributed by atoms with Gasteiger partial charge in [0.2, 0.25) is 0 Å². The first kappa shape index (κ1) is 14.7. The number of hydrogen-bond acceptors (Lipinski definition) is 2. The molecule has 0 aliphatic carbocycles. The van der Waals surface area contributed by atoms with Gasteiger partial charge in [-0.25, -0.2) is 4.79 Å². The van der Waals surface area contributed by atoms with Crippen LogP contribution in [0.3, 0.4) is 0 Å². The van der Waals surface area contributed by atoms with Crippen molar-refractivity contribution in [1.82, 2.24) is 0 Å². The van der Waals surface area contributed by atoms with Crippen LogP contribution in [0.15, 0.2) is 24.3 Å². The second kappa shape index (κ2) is 4.73. The molecule has 0 spiro atoms. The standard InChI is InChI=1S/C15H22O3/c1-10(15(5,18)13(16)17)11-6-8-12(9-7-11)14(2,3)4/h6-10,18H,1-5H3,(H,16,17). The molecule has 0 aliphatic heterocycles. The number of carboxylic acid groups (broad SMARTS) is 1. The summed E-state index contributed by atoms with van der Waals surface area (Å²) in [5.41, 5.74) is 0.337. The maximum Gasteiger partial charge on any atom is 0.336 e. The molecule has 0 amide bonds. The Kier molecular flexibility index (Phi) is 3.86. The molecule has 3 nitrogen and oxygen atoms in total. The number of carboxylic acids is 1. The molecular weight excluding hydrogens is 228 g/mol. The van der Waals surface area contributed by atoms with Crippen molar-refractivity contribution in [3.63, 3.8) is 0 Å². The largest absolute Gasteiger partial charge is 0.479 e. The van der Waals surface area contributed by atoms with Crippen LogP contribution in [0.4, 0.5) is 0 Å². The number of hydrogen-bond donors (Lipinski definition) is 2. The van der Waals surface area contributed by atoms with Crippen LogP contribution in [0.5, 0.6) is 0 Å². The van der Waals surface area contributed by atoms with Gasteiger partial charge in [0, 0.05) is 5.92 Å². The van der Waals surface area contributed by atoms with Crippen LogP contribution in [-0.4, -0.2) is 21.8 Å². The molecule has 0 saturated carbocycles. The number of benzene rings is 1. The maximum absolute atomic E-state index is 11.0. The summed E-state index contributed by atoms with van der Waals surface area (Å²) in [5.74, 6) is -1.65. The topological polar surface area (TPSA) is 57.5 Å². The molecule has 1 aromatic rings.